The van der Waals surface area contributed by atoms with Crippen LogP contribution < -0.4 is 5.73 Å². The van der Waals surface area contributed by atoms with Gasteiger partial charge in [0.2, 0.25) is 0 Å². The van der Waals surface area contributed by atoms with E-state index in [0.29, 0.717) is 16.8 Å². The number of hydrogen-bond acceptors (Lipinski definition) is 3. The Bertz CT molecular complexity index is 838. The second-order valence-electron chi connectivity index (χ2n) is 4.96. The summed E-state index contributed by atoms with van der Waals surface area (Å²) in [7, 11) is 0. The molecule has 0 amide bonds. The minimum absolute atomic E-state index is 0.0505. The fraction of sp³-hybridized carbons (Fsp3) is 0.0588. The molecule has 0 fully saturated rings. The van der Waals surface area contributed by atoms with Crippen LogP contribution in [0.25, 0.3) is 10.9 Å². The van der Waals surface area contributed by atoms with E-state index >= 15 is 0 Å². The first-order chi connectivity index (χ1) is 10.0. The Labute approximate surface area is 130 Å². The molecule has 4 heteroatoms. The Morgan fingerprint density at radius 1 is 1.05 bits per heavy atom. The summed E-state index contributed by atoms with van der Waals surface area (Å²) in [5, 5.41) is 0.953. The quantitative estimate of drug-likeness (QED) is 0.563. The lowest BCUT2D eigenvalue weighted by Crippen LogP contribution is -2.02. The van der Waals surface area contributed by atoms with Crippen molar-refractivity contribution in [3.63, 3.8) is 0 Å². The number of carbonyl (C=O) groups excluding carboxylic acids is 1. The Morgan fingerprint density at radius 2 is 1.86 bits per heavy atom. The smallest absolute Gasteiger partial charge is 0.193 e. The molecule has 0 unspecified atom stereocenters. The van der Waals surface area contributed by atoms with E-state index in [9.17, 15) is 4.79 Å². The molecular formula is C17H13BrN2O. The van der Waals surface area contributed by atoms with E-state index in [4.69, 9.17) is 5.73 Å². The van der Waals surface area contributed by atoms with Crippen LogP contribution in [-0.2, 0) is 0 Å². The second kappa shape index (κ2) is 5.30. The van der Waals surface area contributed by atoms with E-state index in [1.165, 1.54) is 0 Å². The summed E-state index contributed by atoms with van der Waals surface area (Å²) in [6.45, 7) is 1.95. The third-order valence-corrected chi connectivity index (χ3v) is 3.73. The maximum absolute atomic E-state index is 12.6. The molecule has 0 spiro atoms. The lowest BCUT2D eigenvalue weighted by molar-refractivity contribution is 0.103. The van der Waals surface area contributed by atoms with E-state index in [1.807, 2.05) is 31.2 Å². The number of anilines is 1. The standard InChI is InChI=1S/C17H13BrN2O/c1-10-2-3-11-6-12(4-5-16(11)20-10)17(21)13-7-14(18)9-15(19)8-13/h2-9H,19H2,1H3. The zero-order chi connectivity index (χ0) is 15.0. The number of nitrogens with two attached hydrogens (primary N) is 1. The van der Waals surface area contributed by atoms with Crippen LogP contribution in [0.5, 0.6) is 0 Å². The van der Waals surface area contributed by atoms with Crippen molar-refractivity contribution >= 4 is 38.3 Å². The summed E-state index contributed by atoms with van der Waals surface area (Å²) in [5.41, 5.74) is 9.40. The molecule has 3 nitrogen and oxygen atoms in total. The third kappa shape index (κ3) is 2.81. The van der Waals surface area contributed by atoms with Gasteiger partial charge in [-0.25, -0.2) is 0 Å². The Morgan fingerprint density at radius 3 is 2.62 bits per heavy atom. The molecule has 2 N–H and O–H groups in total. The van der Waals surface area contributed by atoms with Crippen molar-refractivity contribution in [2.24, 2.45) is 0 Å². The first-order valence-corrected chi connectivity index (χ1v) is 7.30. The van der Waals surface area contributed by atoms with Gasteiger partial charge in [0.15, 0.2) is 5.78 Å². The van der Waals surface area contributed by atoms with E-state index in [0.717, 1.165) is 21.1 Å². The number of hydrogen-bond donors (Lipinski definition) is 1. The number of benzene rings is 2. The maximum atomic E-state index is 12.6. The predicted octanol–water partition coefficient (Wildman–Crippen LogP) is 4.12. The molecule has 104 valence electrons. The van der Waals surface area contributed by atoms with Gasteiger partial charge in [-0.15, -0.1) is 0 Å². The topological polar surface area (TPSA) is 56.0 Å². The van der Waals surface area contributed by atoms with Gasteiger partial charge in [0.1, 0.15) is 0 Å². The average Bonchev–Trinajstić information content (AvgIpc) is 2.45. The van der Waals surface area contributed by atoms with E-state index in [1.54, 1.807) is 24.3 Å². The molecule has 3 rings (SSSR count). The molecule has 0 atom stereocenters. The molecule has 0 saturated heterocycles. The molecule has 1 heterocycles. The lowest BCUT2D eigenvalue weighted by atomic mass is 10.0. The van der Waals surface area contributed by atoms with Crippen molar-refractivity contribution in [2.45, 2.75) is 6.92 Å². The normalized spacial score (nSPS) is 10.8. The minimum Gasteiger partial charge on any atom is -0.399 e. The van der Waals surface area contributed by atoms with Gasteiger partial charge in [0.25, 0.3) is 0 Å². The molecular weight excluding hydrogens is 328 g/mol. The Kier molecular flexibility index (Phi) is 3.47. The fourth-order valence-corrected chi connectivity index (χ4v) is 2.79. The van der Waals surface area contributed by atoms with Crippen LogP contribution in [0.2, 0.25) is 0 Å². The highest BCUT2D eigenvalue weighted by Crippen LogP contribution is 2.22. The van der Waals surface area contributed by atoms with Gasteiger partial charge >= 0.3 is 0 Å². The molecule has 0 radical (unpaired) electrons. The third-order valence-electron chi connectivity index (χ3n) is 3.27. The number of halogens is 1. The van der Waals surface area contributed by atoms with Crippen molar-refractivity contribution in [1.82, 2.24) is 4.98 Å². The summed E-state index contributed by atoms with van der Waals surface area (Å²) < 4.78 is 0.795. The number of ketones is 1. The minimum atomic E-state index is -0.0505. The second-order valence-corrected chi connectivity index (χ2v) is 5.88. The summed E-state index contributed by atoms with van der Waals surface area (Å²) >= 11 is 3.36. The predicted molar refractivity (Wildman–Crippen MR) is 88.5 cm³/mol. The van der Waals surface area contributed by atoms with E-state index < -0.39 is 0 Å². The van der Waals surface area contributed by atoms with Gasteiger partial charge in [-0.1, -0.05) is 22.0 Å². The molecule has 0 aliphatic rings. The SMILES string of the molecule is Cc1ccc2cc(C(=O)c3cc(N)cc(Br)c3)ccc2n1. The van der Waals surface area contributed by atoms with Crippen LogP contribution in [0.1, 0.15) is 21.6 Å². The summed E-state index contributed by atoms with van der Waals surface area (Å²) in [4.78, 5) is 17.0. The van der Waals surface area contributed by atoms with Crippen LogP contribution >= 0.6 is 15.9 Å². The van der Waals surface area contributed by atoms with Crippen LogP contribution in [0, 0.1) is 6.92 Å². The van der Waals surface area contributed by atoms with Crippen molar-refractivity contribution in [3.8, 4) is 0 Å². The molecule has 21 heavy (non-hydrogen) atoms. The number of rotatable bonds is 2. The van der Waals surface area contributed by atoms with Gasteiger partial charge in [0, 0.05) is 32.4 Å². The largest absolute Gasteiger partial charge is 0.399 e. The molecule has 0 saturated carbocycles. The highest BCUT2D eigenvalue weighted by molar-refractivity contribution is 9.10. The first kappa shape index (κ1) is 13.8. The summed E-state index contributed by atoms with van der Waals surface area (Å²) in [5.74, 6) is -0.0505. The van der Waals surface area contributed by atoms with E-state index in [-0.39, 0.29) is 5.78 Å². The number of aromatic nitrogens is 1. The van der Waals surface area contributed by atoms with Gasteiger partial charge in [-0.3, -0.25) is 9.78 Å². The van der Waals surface area contributed by atoms with Gasteiger partial charge < -0.3 is 5.73 Å². The highest BCUT2D eigenvalue weighted by atomic mass is 79.9. The number of nitrogen functional groups attached to an aromatic ring is 1. The molecule has 2 aromatic carbocycles. The average molecular weight is 341 g/mol. The van der Waals surface area contributed by atoms with Crippen molar-refractivity contribution < 1.29 is 4.79 Å². The Hall–Kier alpha value is -2.20. The highest BCUT2D eigenvalue weighted by Gasteiger charge is 2.11. The van der Waals surface area contributed by atoms with Crippen molar-refractivity contribution in [2.75, 3.05) is 5.73 Å². The fourth-order valence-electron chi connectivity index (χ4n) is 2.28. The van der Waals surface area contributed by atoms with E-state index in [2.05, 4.69) is 20.9 Å². The first-order valence-electron chi connectivity index (χ1n) is 6.51. The van der Waals surface area contributed by atoms with Gasteiger partial charge in [0.05, 0.1) is 5.52 Å². The molecule has 0 bridgehead atoms. The number of nitrogens with zero attached hydrogens (tertiary/aromatic N) is 1. The van der Waals surface area contributed by atoms with Gasteiger partial charge in [-0.05, 0) is 49.4 Å². The number of fused-ring (bicyclic) bond motifs is 1. The Balaban J connectivity index is 2.07. The number of aryl methyl sites for hydroxylation is 1. The monoisotopic (exact) mass is 340 g/mol. The lowest BCUT2D eigenvalue weighted by Gasteiger charge is -2.05. The zero-order valence-corrected chi connectivity index (χ0v) is 13.0. The molecule has 1 aromatic heterocycles. The maximum Gasteiger partial charge on any atom is 0.193 e. The number of pyridine rings is 1. The van der Waals surface area contributed by atoms with Crippen LogP contribution in [0.4, 0.5) is 5.69 Å². The molecule has 0 aliphatic carbocycles. The van der Waals surface area contributed by atoms with Crippen LogP contribution in [-0.4, -0.2) is 10.8 Å². The molecule has 0 aliphatic heterocycles. The van der Waals surface area contributed by atoms with Crippen molar-refractivity contribution in [1.29, 1.82) is 0 Å². The molecule has 3 aromatic rings. The zero-order valence-electron chi connectivity index (χ0n) is 11.4. The van der Waals surface area contributed by atoms with Crippen LogP contribution in [0.3, 0.4) is 0 Å². The number of carbonyl (C=O) groups is 1. The van der Waals surface area contributed by atoms with Crippen LogP contribution in [0.15, 0.2) is 53.0 Å². The van der Waals surface area contributed by atoms with Gasteiger partial charge in [-0.2, -0.15) is 0 Å². The summed E-state index contributed by atoms with van der Waals surface area (Å²) in [6, 6.07) is 14.7. The summed E-state index contributed by atoms with van der Waals surface area (Å²) in [6.07, 6.45) is 0. The van der Waals surface area contributed by atoms with Crippen molar-refractivity contribution in [3.05, 3.63) is 69.8 Å².